The van der Waals surface area contributed by atoms with Crippen LogP contribution in [0.1, 0.15) is 76.5 Å². The molecular weight excluding hydrogens is 655 g/mol. The second-order valence-corrected chi connectivity index (χ2v) is 13.8. The van der Waals surface area contributed by atoms with E-state index < -0.39 is 40.9 Å². The zero-order chi connectivity index (χ0) is 34.7. The van der Waals surface area contributed by atoms with Crippen LogP contribution >= 0.6 is 11.6 Å². The summed E-state index contributed by atoms with van der Waals surface area (Å²) in [6, 6.07) is 1.54. The molecule has 0 aliphatic carbocycles. The molecule has 0 saturated carbocycles. The number of carbonyl (C=O) groups is 2. The number of hydrogen-bond acceptors (Lipinski definition) is 8. The first-order chi connectivity index (χ1) is 22.5. The number of nitrogens with one attached hydrogen (secondary N) is 1. The predicted molar refractivity (Wildman–Crippen MR) is 172 cm³/mol. The van der Waals surface area contributed by atoms with E-state index in [9.17, 15) is 27.6 Å². The van der Waals surface area contributed by atoms with Crippen molar-refractivity contribution in [1.29, 1.82) is 0 Å². The predicted octanol–water partition coefficient (Wildman–Crippen LogP) is 5.50. The minimum absolute atomic E-state index is 0.0228. The van der Waals surface area contributed by atoms with Crippen molar-refractivity contribution in [3.8, 4) is 0 Å². The largest absolute Gasteiger partial charge is 0.444 e. The third-order valence-electron chi connectivity index (χ3n) is 8.74. The highest BCUT2D eigenvalue weighted by Gasteiger charge is 2.42. The Hall–Kier alpha value is -4.11. The Morgan fingerprint density at radius 1 is 1.15 bits per heavy atom. The first kappa shape index (κ1) is 33.8. The number of nitrogens with zero attached hydrogens (tertiary/aromatic N) is 6. The molecule has 3 aliphatic heterocycles. The van der Waals surface area contributed by atoms with E-state index in [0.717, 1.165) is 23.8 Å². The van der Waals surface area contributed by atoms with Crippen LogP contribution in [-0.4, -0.2) is 80.6 Å². The number of halogens is 4. The molecule has 48 heavy (non-hydrogen) atoms. The van der Waals surface area contributed by atoms with E-state index >= 15 is 0 Å². The Morgan fingerprint density at radius 3 is 2.52 bits per heavy atom. The number of rotatable bonds is 4. The van der Waals surface area contributed by atoms with Gasteiger partial charge in [-0.25, -0.2) is 4.79 Å². The fourth-order valence-electron chi connectivity index (χ4n) is 6.51. The van der Waals surface area contributed by atoms with Crippen LogP contribution in [0.25, 0.3) is 11.4 Å². The molecule has 258 valence electrons. The molecule has 12 nitrogen and oxygen atoms in total. The molecule has 1 N–H and O–H groups in total. The van der Waals surface area contributed by atoms with Gasteiger partial charge in [-0.15, -0.1) is 5.10 Å². The minimum Gasteiger partial charge on any atom is -0.444 e. The molecule has 1 fully saturated rings. The first-order valence-electron chi connectivity index (χ1n) is 15.8. The summed E-state index contributed by atoms with van der Waals surface area (Å²) >= 11 is 6.18. The monoisotopic (exact) mass is 691 g/mol. The number of aromatic nitrogens is 4. The molecule has 6 rings (SSSR count). The fourth-order valence-corrected chi connectivity index (χ4v) is 6.73. The molecule has 16 heteroatoms. The highest BCUT2D eigenvalue weighted by molar-refractivity contribution is 6.33. The SMILES string of the molecule is C[C@@H]1CN(c2c3n(c4nc(C5=CCOCC5)nn4c2=O)[C@@H](C(=O)Nc2ccc(C(F)(F)F)cc2Cl)C[C@@H]3C)CCN1C(=O)OC(C)(C)C. The Bertz CT molecular complexity index is 1870. The summed E-state index contributed by atoms with van der Waals surface area (Å²) in [4.78, 5) is 49.5. The van der Waals surface area contributed by atoms with Crippen molar-refractivity contribution in [1.82, 2.24) is 24.1 Å². The van der Waals surface area contributed by atoms with Crippen LogP contribution in [-0.2, 0) is 20.4 Å². The summed E-state index contributed by atoms with van der Waals surface area (Å²) in [6.45, 7) is 11.0. The van der Waals surface area contributed by atoms with Crippen LogP contribution in [0.2, 0.25) is 5.02 Å². The van der Waals surface area contributed by atoms with E-state index in [2.05, 4.69) is 10.4 Å². The Kier molecular flexibility index (Phi) is 8.73. The number of ether oxygens (including phenoxy) is 2. The summed E-state index contributed by atoms with van der Waals surface area (Å²) in [7, 11) is 0. The molecule has 2 aromatic heterocycles. The van der Waals surface area contributed by atoms with Crippen LogP contribution < -0.4 is 15.8 Å². The van der Waals surface area contributed by atoms with Gasteiger partial charge < -0.3 is 24.6 Å². The van der Waals surface area contributed by atoms with Crippen molar-refractivity contribution < 1.29 is 32.2 Å². The van der Waals surface area contributed by atoms with Crippen LogP contribution in [0.4, 0.5) is 29.3 Å². The van der Waals surface area contributed by atoms with Gasteiger partial charge in [0.2, 0.25) is 11.7 Å². The summed E-state index contributed by atoms with van der Waals surface area (Å²) < 4.78 is 53.7. The van der Waals surface area contributed by atoms with Crippen molar-refractivity contribution in [2.45, 2.75) is 77.2 Å². The average molecular weight is 692 g/mol. The van der Waals surface area contributed by atoms with E-state index in [4.69, 9.17) is 26.1 Å². The molecule has 3 atom stereocenters. The summed E-state index contributed by atoms with van der Waals surface area (Å²) in [5, 5.41) is 7.03. The fraction of sp³-hybridized carbons (Fsp3) is 0.531. The Morgan fingerprint density at radius 2 is 1.90 bits per heavy atom. The van der Waals surface area contributed by atoms with Crippen molar-refractivity contribution in [3.05, 3.63) is 56.7 Å². The van der Waals surface area contributed by atoms with E-state index in [-0.39, 0.29) is 34.9 Å². The van der Waals surface area contributed by atoms with Gasteiger partial charge in [0.05, 0.1) is 35.2 Å². The zero-order valence-electron chi connectivity index (χ0n) is 27.2. The number of piperazine rings is 1. The van der Waals surface area contributed by atoms with Gasteiger partial charge in [-0.05, 0) is 64.3 Å². The van der Waals surface area contributed by atoms with Gasteiger partial charge in [0.25, 0.3) is 5.56 Å². The van der Waals surface area contributed by atoms with Gasteiger partial charge in [0, 0.05) is 31.6 Å². The summed E-state index contributed by atoms with van der Waals surface area (Å²) in [6.07, 6.45) is -2.36. The van der Waals surface area contributed by atoms with Crippen LogP contribution in [0.3, 0.4) is 0 Å². The number of carbonyl (C=O) groups excluding carboxylic acids is 2. The van der Waals surface area contributed by atoms with E-state index in [1.807, 2.05) is 24.8 Å². The smallest absolute Gasteiger partial charge is 0.416 e. The zero-order valence-corrected chi connectivity index (χ0v) is 28.0. The Balaban J connectivity index is 1.41. The molecule has 0 spiro atoms. The van der Waals surface area contributed by atoms with Gasteiger partial charge in [0.15, 0.2) is 5.82 Å². The molecule has 2 amide bonds. The van der Waals surface area contributed by atoms with Crippen molar-refractivity contribution >= 4 is 46.3 Å². The second-order valence-electron chi connectivity index (χ2n) is 13.4. The maximum absolute atomic E-state index is 14.3. The highest BCUT2D eigenvalue weighted by Crippen LogP contribution is 2.42. The standard InChI is InChI=1S/C32H37ClF3N7O5/c1-17-14-23(27(44)37-22-7-6-20(15-21(22)33)32(34,35)36)42-24(17)25(40-10-11-41(18(2)16-40)30(46)48-31(3,4)5)28(45)43-29(42)38-26(39-43)19-8-12-47-13-9-19/h6-8,15,17-18,23H,9-14,16H2,1-5H3,(H,37,44)/t17-,18+,23+/m0/s1. The molecule has 0 bridgehead atoms. The average Bonchev–Trinajstić information content (AvgIpc) is 3.60. The number of amides is 2. The maximum Gasteiger partial charge on any atom is 0.416 e. The van der Waals surface area contributed by atoms with Crippen molar-refractivity contribution in [2.75, 3.05) is 43.1 Å². The number of anilines is 2. The quantitative estimate of drug-likeness (QED) is 0.381. The van der Waals surface area contributed by atoms with Gasteiger partial charge in [-0.2, -0.15) is 22.7 Å². The minimum atomic E-state index is -4.60. The third kappa shape index (κ3) is 6.37. The Labute approximate surface area is 279 Å². The van der Waals surface area contributed by atoms with Crippen LogP contribution in [0.15, 0.2) is 29.1 Å². The molecule has 0 unspecified atom stereocenters. The number of benzene rings is 1. The molecule has 0 radical (unpaired) electrons. The van der Waals surface area contributed by atoms with Crippen molar-refractivity contribution in [2.24, 2.45) is 0 Å². The van der Waals surface area contributed by atoms with Crippen LogP contribution in [0.5, 0.6) is 0 Å². The maximum atomic E-state index is 14.3. The lowest BCUT2D eigenvalue weighted by Crippen LogP contribution is -2.56. The van der Waals surface area contributed by atoms with Gasteiger partial charge >= 0.3 is 12.3 Å². The lowest BCUT2D eigenvalue weighted by molar-refractivity contribution is -0.137. The number of fused-ring (bicyclic) bond motifs is 3. The molecule has 3 aliphatic rings. The van der Waals surface area contributed by atoms with Crippen LogP contribution in [0, 0.1) is 0 Å². The highest BCUT2D eigenvalue weighted by atomic mass is 35.5. The molecular formula is C32H37ClF3N7O5. The van der Waals surface area contributed by atoms with Gasteiger partial charge in [0.1, 0.15) is 17.3 Å². The topological polar surface area (TPSA) is 123 Å². The normalized spacial score (nSPS) is 21.7. The van der Waals surface area contributed by atoms with Crippen molar-refractivity contribution in [3.63, 3.8) is 0 Å². The third-order valence-corrected chi connectivity index (χ3v) is 9.05. The number of alkyl halides is 3. The molecule has 3 aromatic rings. The first-order valence-corrected chi connectivity index (χ1v) is 16.2. The lowest BCUT2D eigenvalue weighted by Gasteiger charge is -2.41. The molecule has 5 heterocycles. The summed E-state index contributed by atoms with van der Waals surface area (Å²) in [5.74, 6) is -0.311. The lowest BCUT2D eigenvalue weighted by atomic mass is 10.0. The molecule has 1 saturated heterocycles. The molecule has 1 aromatic carbocycles. The number of hydrogen-bond donors (Lipinski definition) is 1. The van der Waals surface area contributed by atoms with E-state index in [1.54, 1.807) is 30.2 Å². The van der Waals surface area contributed by atoms with E-state index in [0.29, 0.717) is 56.5 Å². The van der Waals surface area contributed by atoms with E-state index in [1.165, 1.54) is 4.52 Å². The van der Waals surface area contributed by atoms with Gasteiger partial charge in [-0.1, -0.05) is 24.6 Å². The summed E-state index contributed by atoms with van der Waals surface area (Å²) in [5.41, 5.74) is -0.236. The van der Waals surface area contributed by atoms with Gasteiger partial charge in [-0.3, -0.25) is 14.2 Å². The second kappa shape index (κ2) is 12.4.